The number of benzene rings is 3. The Hall–Kier alpha value is -5.51. The third kappa shape index (κ3) is 24.6. The van der Waals surface area contributed by atoms with E-state index in [1.165, 1.54) is 17.7 Å². The van der Waals surface area contributed by atoms with E-state index in [9.17, 15) is 45.0 Å². The topological polar surface area (TPSA) is 255 Å². The molecule has 0 fully saturated rings. The van der Waals surface area contributed by atoms with Crippen LogP contribution in [0.4, 0.5) is 0 Å². The molecule has 0 heterocycles. The number of aryl methyl sites for hydroxylation is 3. The van der Waals surface area contributed by atoms with Crippen LogP contribution in [0.15, 0.2) is 104 Å². The zero-order valence-electron chi connectivity index (χ0n) is 42.1. The highest BCUT2D eigenvalue weighted by atomic mass is 16.4. The summed E-state index contributed by atoms with van der Waals surface area (Å²) in [5, 5.41) is 76.9. The lowest BCUT2D eigenvalue weighted by atomic mass is 9.88. The molecule has 9 atom stereocenters. The summed E-state index contributed by atoms with van der Waals surface area (Å²) in [5.41, 5.74) is 10.3. The second kappa shape index (κ2) is 33.9. The summed E-state index contributed by atoms with van der Waals surface area (Å²) in [6, 6.07) is 18.8. The van der Waals surface area contributed by atoms with Crippen LogP contribution in [0.25, 0.3) is 0 Å². The fourth-order valence-electron chi connectivity index (χ4n) is 7.73. The first-order valence-corrected chi connectivity index (χ1v) is 24.3. The van der Waals surface area contributed by atoms with Crippen LogP contribution in [-0.4, -0.2) is 103 Å². The lowest BCUT2D eigenvalue weighted by Gasteiger charge is -2.29. The van der Waals surface area contributed by atoms with Crippen molar-refractivity contribution in [3.8, 4) is 17.2 Å². The molecule has 3 aromatic carbocycles. The number of nitrogens with two attached hydrogens (primary N) is 1. The maximum atomic E-state index is 12.7. The number of carbonyl (C=O) groups excluding carboxylic acids is 1. The maximum Gasteiger partial charge on any atom is 0.305 e. The van der Waals surface area contributed by atoms with Crippen LogP contribution in [0, 0.1) is 18.8 Å². The van der Waals surface area contributed by atoms with Gasteiger partial charge in [0.25, 0.3) is 0 Å². The highest BCUT2D eigenvalue weighted by Gasteiger charge is 2.27. The van der Waals surface area contributed by atoms with Crippen molar-refractivity contribution >= 4 is 17.8 Å². The number of aliphatic carboxylic acids is 2. The Bertz CT molecular complexity index is 2010. The fraction of sp³-hybridized carbons (Fsp3) is 0.509. The first-order valence-electron chi connectivity index (χ1n) is 24.3. The van der Waals surface area contributed by atoms with E-state index in [1.54, 1.807) is 25.1 Å². The first kappa shape index (κ1) is 61.5. The largest absolute Gasteiger partial charge is 0.508 e. The average molecular weight is 961 g/mol. The molecule has 0 aliphatic rings. The molecular formula is C55H84N4O10. The Balaban J connectivity index is 0.000000580. The summed E-state index contributed by atoms with van der Waals surface area (Å²) < 4.78 is 0. The van der Waals surface area contributed by atoms with Crippen LogP contribution in [-0.2, 0) is 27.2 Å². The third-order valence-electron chi connectivity index (χ3n) is 12.4. The smallest absolute Gasteiger partial charge is 0.305 e. The summed E-state index contributed by atoms with van der Waals surface area (Å²) >= 11 is 0. The number of aliphatic hydroxyl groups is 2. The number of phenolic OH excluding ortho intramolecular Hbond substituents is 3. The summed E-state index contributed by atoms with van der Waals surface area (Å²) in [5.74, 6) is -1.66. The number of aliphatic hydroxyl groups excluding tert-OH is 2. The van der Waals surface area contributed by atoms with E-state index in [1.807, 2.05) is 77.1 Å². The number of carboxylic acids is 2. The molecule has 0 radical (unpaired) electrons. The van der Waals surface area contributed by atoms with E-state index in [-0.39, 0.29) is 41.8 Å². The van der Waals surface area contributed by atoms with Crippen molar-refractivity contribution in [2.75, 3.05) is 13.1 Å². The molecule has 0 bridgehead atoms. The quantitative estimate of drug-likeness (QED) is 0.0233. The Morgan fingerprint density at radius 1 is 0.754 bits per heavy atom. The molecule has 69 heavy (non-hydrogen) atoms. The fourth-order valence-corrected chi connectivity index (χ4v) is 7.73. The predicted molar refractivity (Wildman–Crippen MR) is 276 cm³/mol. The van der Waals surface area contributed by atoms with Crippen molar-refractivity contribution < 1.29 is 50.1 Å². The minimum atomic E-state index is -1.12. The van der Waals surface area contributed by atoms with Crippen LogP contribution in [0.3, 0.4) is 0 Å². The van der Waals surface area contributed by atoms with Crippen LogP contribution in [0.1, 0.15) is 121 Å². The van der Waals surface area contributed by atoms with Gasteiger partial charge in [-0.1, -0.05) is 101 Å². The molecule has 0 saturated carbocycles. The first-order chi connectivity index (χ1) is 32.7. The van der Waals surface area contributed by atoms with E-state index >= 15 is 0 Å². The number of hydrogen-bond acceptors (Lipinski definition) is 11. The van der Waals surface area contributed by atoms with Gasteiger partial charge in [-0.15, -0.1) is 0 Å². The molecular weight excluding hydrogens is 877 g/mol. The number of allylic oxidation sites excluding steroid dienone is 4. The van der Waals surface area contributed by atoms with Crippen LogP contribution < -0.4 is 21.7 Å². The summed E-state index contributed by atoms with van der Waals surface area (Å²) in [4.78, 5) is 34.8. The van der Waals surface area contributed by atoms with Crippen molar-refractivity contribution in [3.63, 3.8) is 0 Å². The number of aromatic hydroxyl groups is 3. The normalized spacial score (nSPS) is 15.2. The zero-order chi connectivity index (χ0) is 52.1. The van der Waals surface area contributed by atoms with Gasteiger partial charge in [0.2, 0.25) is 5.91 Å². The van der Waals surface area contributed by atoms with E-state index in [2.05, 4.69) is 48.2 Å². The Morgan fingerprint density at radius 2 is 1.41 bits per heavy atom. The Kier molecular flexibility index (Phi) is 30.2. The van der Waals surface area contributed by atoms with Gasteiger partial charge in [-0.2, -0.15) is 0 Å². The molecule has 12 N–H and O–H groups in total. The molecule has 0 aromatic heterocycles. The molecule has 0 aliphatic heterocycles. The number of phenols is 3. The molecule has 0 saturated heterocycles. The predicted octanol–water partition coefficient (Wildman–Crippen LogP) is 8.04. The molecule has 3 rings (SSSR count). The van der Waals surface area contributed by atoms with Gasteiger partial charge in [0.1, 0.15) is 17.2 Å². The lowest BCUT2D eigenvalue weighted by molar-refractivity contribution is -0.140. The SMILES string of the molecule is C=C/C=C(\C=C)C(CC)CC(O)C(C)NC(=O)C(CC(=O)O)NCCCc1ccc(O)cc1O.CCC(CC(O)C(C)NC(C)C(C)CC(=O)O)c1ccccc1.Cc1ccc(CCCN)cc1O. The number of nitrogens with one attached hydrogen (secondary N) is 3. The lowest BCUT2D eigenvalue weighted by Crippen LogP contribution is -2.51. The number of hydrogen-bond donors (Lipinski definition) is 11. The van der Waals surface area contributed by atoms with Gasteiger partial charge in [0, 0.05) is 24.6 Å². The van der Waals surface area contributed by atoms with Crippen molar-refractivity contribution in [3.05, 3.63) is 126 Å². The number of carboxylic acid groups (broad SMARTS) is 2. The van der Waals surface area contributed by atoms with Crippen LogP contribution in [0.5, 0.6) is 17.2 Å². The minimum Gasteiger partial charge on any atom is -0.508 e. The monoisotopic (exact) mass is 961 g/mol. The zero-order valence-corrected chi connectivity index (χ0v) is 42.1. The highest BCUT2D eigenvalue weighted by molar-refractivity contribution is 5.86. The summed E-state index contributed by atoms with van der Waals surface area (Å²) in [7, 11) is 0. The van der Waals surface area contributed by atoms with Crippen molar-refractivity contribution in [2.45, 2.75) is 155 Å². The third-order valence-corrected chi connectivity index (χ3v) is 12.4. The summed E-state index contributed by atoms with van der Waals surface area (Å²) in [6.07, 6.45) is 9.53. The van der Waals surface area contributed by atoms with Crippen LogP contribution in [0.2, 0.25) is 0 Å². The number of carbonyl (C=O) groups is 3. The minimum absolute atomic E-state index is 0.0180. The molecule has 0 spiro atoms. The van der Waals surface area contributed by atoms with Crippen molar-refractivity contribution in [1.82, 2.24) is 16.0 Å². The van der Waals surface area contributed by atoms with E-state index in [4.69, 9.17) is 10.8 Å². The van der Waals surface area contributed by atoms with Gasteiger partial charge in [0.15, 0.2) is 0 Å². The van der Waals surface area contributed by atoms with Gasteiger partial charge < -0.3 is 57.4 Å². The van der Waals surface area contributed by atoms with E-state index in [0.717, 1.165) is 42.4 Å². The molecule has 14 heteroatoms. The molecule has 384 valence electrons. The highest BCUT2D eigenvalue weighted by Crippen LogP contribution is 2.27. The van der Waals surface area contributed by atoms with Crippen LogP contribution >= 0.6 is 0 Å². The van der Waals surface area contributed by atoms with E-state index < -0.39 is 48.6 Å². The Morgan fingerprint density at radius 3 is 1.96 bits per heavy atom. The van der Waals surface area contributed by atoms with Crippen molar-refractivity contribution in [1.29, 1.82) is 0 Å². The second-order valence-electron chi connectivity index (χ2n) is 18.0. The molecule has 14 nitrogen and oxygen atoms in total. The molecule has 0 aliphatic carbocycles. The standard InChI is InChI=1S/C26H38N2O6.C19H31NO3.C10H15NO/c1-5-9-18(6-2)19(7-3)14-23(30)17(4)28-26(34)22(16-25(32)33)27-13-8-10-20-11-12-21(29)15-24(20)31;1-5-16(17-9-7-6-8-10-17)12-18(21)15(4)20-14(3)13(2)11-19(22)23;1-8-4-5-9(3-2-6-11)7-10(8)12/h5-6,9,11-12,15,17,19,22-23,27,29-31H,1-2,7-8,10,13-14,16H2,3-4H3,(H,28,34)(H,32,33);6-10,13-16,18,20-21H,5,11-12H2,1-4H3,(H,22,23);4-5,7,12H,2-3,6,11H2,1H3/b18-9+;;. The molecule has 1 amide bonds. The van der Waals surface area contributed by atoms with Gasteiger partial charge in [0.05, 0.1) is 30.7 Å². The van der Waals surface area contributed by atoms with Gasteiger partial charge in [-0.25, -0.2) is 0 Å². The van der Waals surface area contributed by atoms with E-state index in [0.29, 0.717) is 56.0 Å². The maximum absolute atomic E-state index is 12.7. The van der Waals surface area contributed by atoms with Gasteiger partial charge in [-0.3, -0.25) is 14.4 Å². The average Bonchev–Trinajstić information content (AvgIpc) is 3.31. The second-order valence-corrected chi connectivity index (χ2v) is 18.0. The number of amides is 1. The van der Waals surface area contributed by atoms with Gasteiger partial charge >= 0.3 is 11.9 Å². The number of rotatable bonds is 29. The summed E-state index contributed by atoms with van der Waals surface area (Å²) in [6.45, 7) is 22.1. The molecule has 9 unspecified atom stereocenters. The Labute approximate surface area is 411 Å². The van der Waals surface area contributed by atoms with Gasteiger partial charge in [-0.05, 0) is 150 Å². The van der Waals surface area contributed by atoms with Crippen molar-refractivity contribution in [2.24, 2.45) is 17.6 Å². The molecule has 3 aromatic rings.